The van der Waals surface area contributed by atoms with Crippen LogP contribution in [-0.2, 0) is 47.0 Å². The first-order valence-corrected chi connectivity index (χ1v) is 21.7. The third-order valence-corrected chi connectivity index (χ3v) is 11.7. The number of nitrogens with one attached hydrogen (secondary N) is 1. The van der Waals surface area contributed by atoms with E-state index in [2.05, 4.69) is 71.0 Å². The molecule has 2 aliphatic rings. The van der Waals surface area contributed by atoms with Crippen molar-refractivity contribution < 1.29 is 24.3 Å². The fraction of sp³-hybridized carbons (Fsp3) is 0.500. The van der Waals surface area contributed by atoms with Crippen LogP contribution in [0.4, 0.5) is 5.82 Å². The van der Waals surface area contributed by atoms with Crippen molar-refractivity contribution in [1.29, 1.82) is 0 Å². The van der Waals surface area contributed by atoms with E-state index in [1.54, 1.807) is 4.57 Å². The van der Waals surface area contributed by atoms with Crippen LogP contribution in [0.1, 0.15) is 105 Å². The van der Waals surface area contributed by atoms with Crippen molar-refractivity contribution in [3.8, 4) is 6.01 Å². The van der Waals surface area contributed by atoms with Gasteiger partial charge in [0, 0.05) is 32.0 Å². The summed E-state index contributed by atoms with van der Waals surface area (Å²) in [5, 5.41) is 22.4. The number of hydrogen-bond donors (Lipinski definition) is 4. The molecule has 1 saturated heterocycles. The number of unbranched alkanes of at least 4 members (excludes halogenated alkanes) is 3. The molecule has 330 valence electrons. The summed E-state index contributed by atoms with van der Waals surface area (Å²) in [6, 6.07) is 15.0. The predicted molar refractivity (Wildman–Crippen MR) is 234 cm³/mol. The number of imidazole rings is 1. The van der Waals surface area contributed by atoms with Crippen LogP contribution in [0, 0.1) is 0 Å². The van der Waals surface area contributed by atoms with Crippen molar-refractivity contribution >= 4 is 34.6 Å². The minimum absolute atomic E-state index is 0.137. The van der Waals surface area contributed by atoms with Crippen LogP contribution < -0.4 is 21.9 Å². The van der Waals surface area contributed by atoms with E-state index < -0.39 is 12.0 Å². The summed E-state index contributed by atoms with van der Waals surface area (Å²) in [6.07, 6.45) is 7.00. The van der Waals surface area contributed by atoms with Crippen LogP contribution >= 0.6 is 0 Å². The molecule has 5 aromatic rings. The Hall–Kier alpha value is -6.14. The number of amides is 1. The fourth-order valence-corrected chi connectivity index (χ4v) is 7.98. The Morgan fingerprint density at radius 3 is 2.37 bits per heavy atom. The largest absolute Gasteiger partial charge is 0.480 e. The first-order chi connectivity index (χ1) is 30.1. The number of nitrogen functional groups attached to an aromatic ring is 1. The standard InChI is InChI=1S/C44H58N12O6/c1-3-4-23-61-43-48-39(46)38-41(49-43)56(44(60)47-38)27-32-11-9-31(10-12-32)26-53-19-17-34(18-20-53)40-51-50-36-28-54(21-22-55(36)40)37(57)8-6-5-7-24-62-52-29(2)33-15-13-30(14-16-33)25-35(45)42(58)59/h9-16,34-35H,3-8,17-28,45H2,1-2H3,(H,47,60)(H,58,59)(H2,46,48,49)/b52-29-/t35-/m0/s1. The molecule has 62 heavy (non-hydrogen) atoms. The second kappa shape index (κ2) is 20.6. The second-order valence-electron chi connectivity index (χ2n) is 16.3. The van der Waals surface area contributed by atoms with Gasteiger partial charge >= 0.3 is 17.7 Å². The van der Waals surface area contributed by atoms with Gasteiger partial charge in [-0.25, -0.2) is 4.79 Å². The Labute approximate surface area is 360 Å². The van der Waals surface area contributed by atoms with Crippen molar-refractivity contribution in [3.05, 3.63) is 92.9 Å². The lowest BCUT2D eigenvalue weighted by molar-refractivity contribution is -0.138. The lowest BCUT2D eigenvalue weighted by Gasteiger charge is -2.33. The number of rotatable bonds is 20. The highest BCUT2D eigenvalue weighted by molar-refractivity contribution is 5.98. The Morgan fingerprint density at radius 2 is 1.65 bits per heavy atom. The molecule has 0 unspecified atom stereocenters. The number of piperidine rings is 1. The van der Waals surface area contributed by atoms with Gasteiger partial charge in [0.2, 0.25) is 5.91 Å². The molecule has 0 bridgehead atoms. The molecule has 2 aliphatic heterocycles. The monoisotopic (exact) mass is 850 g/mol. The Kier molecular flexibility index (Phi) is 14.6. The first kappa shape index (κ1) is 43.9. The lowest BCUT2D eigenvalue weighted by Crippen LogP contribution is -2.39. The van der Waals surface area contributed by atoms with Crippen molar-refractivity contribution in [2.24, 2.45) is 10.9 Å². The van der Waals surface area contributed by atoms with Crippen LogP contribution in [0.25, 0.3) is 11.2 Å². The molecule has 0 spiro atoms. The number of carboxylic acids is 1. The smallest absolute Gasteiger partial charge is 0.328 e. The minimum atomic E-state index is -1.02. The number of benzene rings is 2. The summed E-state index contributed by atoms with van der Waals surface area (Å²) in [6.45, 7) is 9.80. The zero-order chi connectivity index (χ0) is 43.6. The van der Waals surface area contributed by atoms with Crippen LogP contribution in [0.5, 0.6) is 6.01 Å². The van der Waals surface area contributed by atoms with Gasteiger partial charge in [0.1, 0.15) is 24.0 Å². The SMILES string of the molecule is CCCCOc1nc(N)c2[nH]c(=O)n(Cc3ccc(CN4CCC(c5nnc6n5CCN(C(=O)CCCCCO/N=C(/C)c5ccc(C[C@H](N)C(=O)O)cc5)C6)CC4)cc3)c2n1. The number of H-pyrrole nitrogens is 1. The Balaban J connectivity index is 0.807. The molecule has 6 N–H and O–H groups in total. The van der Waals surface area contributed by atoms with E-state index in [1.165, 1.54) is 5.56 Å². The molecule has 1 atom stereocenters. The normalized spacial score (nSPS) is 15.5. The van der Waals surface area contributed by atoms with E-state index in [1.807, 2.05) is 36.1 Å². The van der Waals surface area contributed by atoms with Gasteiger partial charge in [0.25, 0.3) is 0 Å². The number of oxime groups is 1. The summed E-state index contributed by atoms with van der Waals surface area (Å²) in [5.41, 5.74) is 16.9. The molecule has 7 rings (SSSR count). The topological polar surface area (TPSA) is 238 Å². The number of nitrogens with zero attached hydrogens (tertiary/aromatic N) is 9. The van der Waals surface area contributed by atoms with Gasteiger partial charge in [-0.15, -0.1) is 10.2 Å². The average Bonchev–Trinajstić information content (AvgIpc) is 3.84. The molecule has 0 saturated carbocycles. The van der Waals surface area contributed by atoms with Crippen LogP contribution in [-0.4, -0.2) is 106 Å². The number of nitrogens with two attached hydrogens (primary N) is 2. The number of aromatic amines is 1. The number of aromatic nitrogens is 7. The molecule has 2 aromatic carbocycles. The summed E-state index contributed by atoms with van der Waals surface area (Å²) in [5.74, 6) is 1.52. The van der Waals surface area contributed by atoms with Gasteiger partial charge in [-0.1, -0.05) is 67.0 Å². The first-order valence-electron chi connectivity index (χ1n) is 21.7. The molecule has 18 nitrogen and oxygen atoms in total. The predicted octanol–water partition coefficient (Wildman–Crippen LogP) is 4.20. The Bertz CT molecular complexity index is 2380. The lowest BCUT2D eigenvalue weighted by atomic mass is 9.95. The van der Waals surface area contributed by atoms with E-state index >= 15 is 0 Å². The maximum Gasteiger partial charge on any atom is 0.328 e. The number of carboxylic acid groups (broad SMARTS) is 1. The van der Waals surface area contributed by atoms with Gasteiger partial charge in [0.15, 0.2) is 17.3 Å². The number of likely N-dealkylation sites (tertiary alicyclic amines) is 1. The summed E-state index contributed by atoms with van der Waals surface area (Å²) in [4.78, 5) is 58.3. The van der Waals surface area contributed by atoms with E-state index in [-0.39, 0.29) is 29.8 Å². The Morgan fingerprint density at radius 1 is 0.919 bits per heavy atom. The maximum atomic E-state index is 13.1. The number of fused-ring (bicyclic) bond motifs is 2. The summed E-state index contributed by atoms with van der Waals surface area (Å²) >= 11 is 0. The van der Waals surface area contributed by atoms with Gasteiger partial charge in [-0.05, 0) is 87.2 Å². The molecule has 1 amide bonds. The van der Waals surface area contributed by atoms with Crippen LogP contribution in [0.15, 0.2) is 58.5 Å². The molecule has 0 radical (unpaired) electrons. The number of anilines is 1. The van der Waals surface area contributed by atoms with Crippen LogP contribution in [0.2, 0.25) is 0 Å². The quantitative estimate of drug-likeness (QED) is 0.0489. The zero-order valence-electron chi connectivity index (χ0n) is 35.7. The highest BCUT2D eigenvalue weighted by Gasteiger charge is 2.30. The number of aliphatic carboxylic acids is 1. The molecular formula is C44H58N12O6. The van der Waals surface area contributed by atoms with Gasteiger partial charge in [0.05, 0.1) is 25.4 Å². The van der Waals surface area contributed by atoms with Gasteiger partial charge in [-0.2, -0.15) is 9.97 Å². The van der Waals surface area contributed by atoms with Crippen molar-refractivity contribution in [2.45, 2.75) is 110 Å². The number of hydrogen-bond acceptors (Lipinski definition) is 13. The van der Waals surface area contributed by atoms with E-state index in [4.69, 9.17) is 26.1 Å². The zero-order valence-corrected chi connectivity index (χ0v) is 35.7. The maximum absolute atomic E-state index is 13.1. The molecule has 18 heteroatoms. The van der Waals surface area contributed by atoms with E-state index in [0.29, 0.717) is 62.9 Å². The summed E-state index contributed by atoms with van der Waals surface area (Å²) < 4.78 is 9.47. The van der Waals surface area contributed by atoms with E-state index in [0.717, 1.165) is 98.6 Å². The number of carbonyl (C=O) groups is 2. The number of carbonyl (C=O) groups excluding carboxylic acids is 1. The van der Waals surface area contributed by atoms with Gasteiger partial charge < -0.3 is 40.6 Å². The summed E-state index contributed by atoms with van der Waals surface area (Å²) in [7, 11) is 0. The highest BCUT2D eigenvalue weighted by atomic mass is 16.6. The van der Waals surface area contributed by atoms with E-state index in [9.17, 15) is 14.4 Å². The van der Waals surface area contributed by atoms with Crippen molar-refractivity contribution in [2.75, 3.05) is 38.6 Å². The molecule has 0 aliphatic carbocycles. The average molecular weight is 851 g/mol. The number of ether oxygens (including phenoxy) is 1. The third-order valence-electron chi connectivity index (χ3n) is 11.7. The minimum Gasteiger partial charge on any atom is -0.480 e. The molecule has 5 heterocycles. The van der Waals surface area contributed by atoms with Gasteiger partial charge in [-0.3, -0.25) is 19.1 Å². The molecular weight excluding hydrogens is 793 g/mol. The molecule has 1 fully saturated rings. The highest BCUT2D eigenvalue weighted by Crippen LogP contribution is 2.30. The van der Waals surface area contributed by atoms with Crippen LogP contribution in [0.3, 0.4) is 0 Å². The molecule has 3 aromatic heterocycles. The third kappa shape index (κ3) is 11.0. The second-order valence-corrected chi connectivity index (χ2v) is 16.3. The fourth-order valence-electron chi connectivity index (χ4n) is 7.98. The van der Waals surface area contributed by atoms with Crippen molar-refractivity contribution in [1.82, 2.24) is 44.1 Å². The van der Waals surface area contributed by atoms with Crippen molar-refractivity contribution in [3.63, 3.8) is 0 Å².